The Morgan fingerprint density at radius 2 is 1.79 bits per heavy atom. The van der Waals surface area contributed by atoms with Gasteiger partial charge in [-0.1, -0.05) is 24.8 Å². The lowest BCUT2D eigenvalue weighted by Crippen LogP contribution is -2.19. The monoisotopic (exact) mass is 405 g/mol. The van der Waals surface area contributed by atoms with E-state index in [0.717, 1.165) is 7.11 Å². The van der Waals surface area contributed by atoms with Crippen molar-refractivity contribution in [2.75, 3.05) is 26.1 Å². The standard InChI is InChI=1S/C21H22F3N3O2/c1-14(16-11-12-25-18(13-16)27(3)4)26-20(28-5)19(21(22,23)24)15(2)29-17-9-7-6-8-10-17/h6-13H,2H2,1,3-5H3/b20-19-,26-14?. The average molecular weight is 405 g/mol. The summed E-state index contributed by atoms with van der Waals surface area (Å²) in [6, 6.07) is 11.4. The minimum Gasteiger partial charge on any atom is -0.480 e. The van der Waals surface area contributed by atoms with Crippen LogP contribution in [0.1, 0.15) is 12.5 Å². The van der Waals surface area contributed by atoms with E-state index in [1.807, 2.05) is 14.1 Å². The first-order chi connectivity index (χ1) is 13.6. The Labute approximate surface area is 167 Å². The second-order valence-corrected chi connectivity index (χ2v) is 6.21. The predicted molar refractivity (Wildman–Crippen MR) is 107 cm³/mol. The number of pyridine rings is 1. The molecule has 2 aromatic rings. The van der Waals surface area contributed by atoms with Crippen LogP contribution in [0.3, 0.4) is 0 Å². The van der Waals surface area contributed by atoms with Gasteiger partial charge in [0.25, 0.3) is 0 Å². The van der Waals surface area contributed by atoms with E-state index >= 15 is 0 Å². The highest BCUT2D eigenvalue weighted by molar-refractivity contribution is 5.99. The Morgan fingerprint density at radius 1 is 1.14 bits per heavy atom. The molecule has 1 aromatic heterocycles. The summed E-state index contributed by atoms with van der Waals surface area (Å²) < 4.78 is 51.6. The van der Waals surface area contributed by atoms with Crippen molar-refractivity contribution < 1.29 is 22.6 Å². The number of para-hydroxylation sites is 1. The Morgan fingerprint density at radius 3 is 2.34 bits per heavy atom. The third kappa shape index (κ3) is 5.84. The molecule has 0 radical (unpaired) electrons. The molecule has 154 valence electrons. The number of halogens is 3. The maximum absolute atomic E-state index is 13.8. The zero-order valence-corrected chi connectivity index (χ0v) is 16.6. The fourth-order valence-electron chi connectivity index (χ4n) is 2.39. The van der Waals surface area contributed by atoms with Crippen molar-refractivity contribution in [1.29, 1.82) is 0 Å². The summed E-state index contributed by atoms with van der Waals surface area (Å²) in [6.45, 7) is 5.02. The molecule has 1 heterocycles. The van der Waals surface area contributed by atoms with Gasteiger partial charge >= 0.3 is 6.18 Å². The van der Waals surface area contributed by atoms with Crippen molar-refractivity contribution in [2.45, 2.75) is 13.1 Å². The number of nitrogens with zero attached hydrogens (tertiary/aromatic N) is 3. The maximum Gasteiger partial charge on any atom is 0.425 e. The SMILES string of the molecule is C=C(Oc1ccccc1)/C(=C(\N=C(C)c1ccnc(N(C)C)c1)OC)C(F)(F)F. The minimum absolute atomic E-state index is 0.222. The van der Waals surface area contributed by atoms with Crippen LogP contribution in [0.25, 0.3) is 0 Å². The molecule has 1 aromatic carbocycles. The second-order valence-electron chi connectivity index (χ2n) is 6.21. The number of aromatic nitrogens is 1. The van der Waals surface area contributed by atoms with Crippen molar-refractivity contribution in [2.24, 2.45) is 4.99 Å². The lowest BCUT2D eigenvalue weighted by atomic mass is 10.1. The van der Waals surface area contributed by atoms with Crippen molar-refractivity contribution in [3.8, 4) is 5.75 Å². The molecular formula is C21H22F3N3O2. The highest BCUT2D eigenvalue weighted by atomic mass is 19.4. The Kier molecular flexibility index (Phi) is 7.03. The van der Waals surface area contributed by atoms with Gasteiger partial charge in [0.15, 0.2) is 5.57 Å². The molecule has 0 saturated carbocycles. The average Bonchev–Trinajstić information content (AvgIpc) is 2.67. The summed E-state index contributed by atoms with van der Waals surface area (Å²) in [7, 11) is 4.74. The molecule has 0 atom stereocenters. The van der Waals surface area contributed by atoms with E-state index in [0.29, 0.717) is 17.1 Å². The zero-order valence-electron chi connectivity index (χ0n) is 16.6. The van der Waals surface area contributed by atoms with Gasteiger partial charge in [-0.25, -0.2) is 9.98 Å². The molecule has 0 aliphatic heterocycles. The van der Waals surface area contributed by atoms with Crippen LogP contribution in [-0.2, 0) is 4.74 Å². The normalized spacial score (nSPS) is 12.9. The maximum atomic E-state index is 13.8. The summed E-state index contributed by atoms with van der Waals surface area (Å²) in [5.74, 6) is -0.381. The van der Waals surface area contributed by atoms with Gasteiger partial charge in [-0.15, -0.1) is 0 Å². The van der Waals surface area contributed by atoms with E-state index in [2.05, 4.69) is 16.6 Å². The van der Waals surface area contributed by atoms with Gasteiger partial charge in [0.05, 0.1) is 7.11 Å². The summed E-state index contributed by atoms with van der Waals surface area (Å²) in [4.78, 5) is 10.0. The first-order valence-electron chi connectivity index (χ1n) is 8.60. The van der Waals surface area contributed by atoms with E-state index in [1.54, 1.807) is 48.4 Å². The number of methoxy groups -OCH3 is 1. The third-order valence-electron chi connectivity index (χ3n) is 3.84. The molecule has 0 saturated heterocycles. The summed E-state index contributed by atoms with van der Waals surface area (Å²) >= 11 is 0. The van der Waals surface area contributed by atoms with E-state index in [1.165, 1.54) is 12.1 Å². The highest BCUT2D eigenvalue weighted by Crippen LogP contribution is 2.35. The topological polar surface area (TPSA) is 47.0 Å². The number of hydrogen-bond donors (Lipinski definition) is 0. The van der Waals surface area contributed by atoms with Crippen molar-refractivity contribution >= 4 is 11.5 Å². The molecule has 0 aliphatic rings. The van der Waals surface area contributed by atoms with Gasteiger partial charge in [0, 0.05) is 31.6 Å². The Hall–Kier alpha value is -3.29. The Balaban J connectivity index is 2.48. The minimum atomic E-state index is -4.78. The number of aliphatic imine (C=N–C) groups is 1. The molecule has 0 fully saturated rings. The van der Waals surface area contributed by atoms with Crippen LogP contribution >= 0.6 is 0 Å². The van der Waals surface area contributed by atoms with Gasteiger partial charge in [-0.3, -0.25) is 0 Å². The molecule has 29 heavy (non-hydrogen) atoms. The largest absolute Gasteiger partial charge is 0.480 e. The highest BCUT2D eigenvalue weighted by Gasteiger charge is 2.41. The van der Waals surface area contributed by atoms with E-state index < -0.39 is 23.4 Å². The van der Waals surface area contributed by atoms with Crippen LogP contribution in [-0.4, -0.2) is 38.1 Å². The van der Waals surface area contributed by atoms with Crippen LogP contribution in [0.15, 0.2) is 77.4 Å². The second kappa shape index (κ2) is 9.27. The molecule has 8 heteroatoms. The van der Waals surface area contributed by atoms with Gasteiger partial charge in [0.2, 0.25) is 5.88 Å². The fraction of sp³-hybridized carbons (Fsp3) is 0.238. The van der Waals surface area contributed by atoms with Crippen molar-refractivity contribution in [3.63, 3.8) is 0 Å². The van der Waals surface area contributed by atoms with Gasteiger partial charge in [-0.2, -0.15) is 13.2 Å². The number of anilines is 1. The molecule has 0 spiro atoms. The first-order valence-corrected chi connectivity index (χ1v) is 8.60. The van der Waals surface area contributed by atoms with Gasteiger partial charge < -0.3 is 14.4 Å². The molecule has 0 amide bonds. The van der Waals surface area contributed by atoms with Crippen LogP contribution < -0.4 is 9.64 Å². The quantitative estimate of drug-likeness (QED) is 0.371. The molecule has 0 bridgehead atoms. The number of alkyl halides is 3. The lowest BCUT2D eigenvalue weighted by molar-refractivity contribution is -0.0952. The molecule has 0 unspecified atom stereocenters. The van der Waals surface area contributed by atoms with Crippen LogP contribution in [0.2, 0.25) is 0 Å². The number of hydrogen-bond acceptors (Lipinski definition) is 5. The molecule has 0 aliphatic carbocycles. The number of rotatable bonds is 7. The van der Waals surface area contributed by atoms with Crippen molar-refractivity contribution in [1.82, 2.24) is 4.98 Å². The summed E-state index contributed by atoms with van der Waals surface area (Å²) in [6.07, 6.45) is -3.23. The molecule has 0 N–H and O–H groups in total. The first kappa shape index (κ1) is 22.0. The Bertz CT molecular complexity index is 920. The van der Waals surface area contributed by atoms with Gasteiger partial charge in [0.1, 0.15) is 17.3 Å². The van der Waals surface area contributed by atoms with Crippen LogP contribution in [0, 0.1) is 0 Å². The number of allylic oxidation sites excluding steroid dienone is 1. The van der Waals surface area contributed by atoms with Crippen LogP contribution in [0.4, 0.5) is 19.0 Å². The van der Waals surface area contributed by atoms with E-state index in [-0.39, 0.29) is 5.75 Å². The van der Waals surface area contributed by atoms with Gasteiger partial charge in [-0.05, 0) is 31.2 Å². The number of ether oxygens (including phenoxy) is 2. The molecule has 2 rings (SSSR count). The van der Waals surface area contributed by atoms with E-state index in [4.69, 9.17) is 9.47 Å². The lowest BCUT2D eigenvalue weighted by Gasteiger charge is -2.17. The smallest absolute Gasteiger partial charge is 0.425 e. The van der Waals surface area contributed by atoms with Crippen molar-refractivity contribution in [3.05, 3.63) is 78.0 Å². The van der Waals surface area contributed by atoms with E-state index in [9.17, 15) is 13.2 Å². The fourth-order valence-corrected chi connectivity index (χ4v) is 2.39. The molecular weight excluding hydrogens is 383 g/mol. The van der Waals surface area contributed by atoms with Crippen LogP contribution in [0.5, 0.6) is 5.75 Å². The zero-order chi connectivity index (χ0) is 21.6. The summed E-state index contributed by atoms with van der Waals surface area (Å²) in [5.41, 5.74) is -0.263. The molecule has 5 nitrogen and oxygen atoms in total. The predicted octanol–water partition coefficient (Wildman–Crippen LogP) is 4.97. The number of benzene rings is 1. The summed E-state index contributed by atoms with van der Waals surface area (Å²) in [5, 5.41) is 0. The third-order valence-corrected chi connectivity index (χ3v) is 3.84.